The van der Waals surface area contributed by atoms with Crippen molar-refractivity contribution in [3.63, 3.8) is 0 Å². The fraction of sp³-hybridized carbons (Fsp3) is 1.00. The van der Waals surface area contributed by atoms with Crippen LogP contribution in [0.3, 0.4) is 0 Å². The largest absolute Gasteiger partial charge is 0.375 e. The molecule has 0 saturated heterocycles. The van der Waals surface area contributed by atoms with Gasteiger partial charge in [0.15, 0.2) is 0 Å². The third-order valence-corrected chi connectivity index (χ3v) is 2.83. The Kier molecular flexibility index (Phi) is 7.70. The lowest BCUT2D eigenvalue weighted by Gasteiger charge is -2.29. The Morgan fingerprint density at radius 3 is 1.88 bits per heavy atom. The zero-order chi connectivity index (χ0) is 12.7. The molecule has 16 heavy (non-hydrogen) atoms. The maximum Gasteiger partial charge on any atom is 0.0648 e. The standard InChI is InChI=1S/C13H28O2S/c1-6-9-14-12(2,3)7-10-15-13(4,5)8-11-16/h16H,6-11H2,1-5H3. The van der Waals surface area contributed by atoms with Gasteiger partial charge >= 0.3 is 0 Å². The van der Waals surface area contributed by atoms with Crippen LogP contribution in [0.1, 0.15) is 53.9 Å². The lowest BCUT2D eigenvalue weighted by Crippen LogP contribution is -2.31. The molecule has 0 spiro atoms. The van der Waals surface area contributed by atoms with Gasteiger partial charge in [-0.1, -0.05) is 6.92 Å². The highest BCUT2D eigenvalue weighted by Gasteiger charge is 2.21. The molecule has 0 heterocycles. The highest BCUT2D eigenvalue weighted by atomic mass is 32.1. The highest BCUT2D eigenvalue weighted by Crippen LogP contribution is 2.19. The molecular weight excluding hydrogens is 220 g/mol. The summed E-state index contributed by atoms with van der Waals surface area (Å²) in [6, 6.07) is 0. The highest BCUT2D eigenvalue weighted by molar-refractivity contribution is 7.80. The minimum absolute atomic E-state index is 0.0669. The van der Waals surface area contributed by atoms with E-state index in [9.17, 15) is 0 Å². The summed E-state index contributed by atoms with van der Waals surface area (Å²) in [5.41, 5.74) is -0.143. The van der Waals surface area contributed by atoms with Crippen molar-refractivity contribution < 1.29 is 9.47 Å². The van der Waals surface area contributed by atoms with Gasteiger partial charge in [0.25, 0.3) is 0 Å². The van der Waals surface area contributed by atoms with E-state index in [1.165, 1.54) is 0 Å². The summed E-state index contributed by atoms with van der Waals surface area (Å²) in [4.78, 5) is 0. The lowest BCUT2D eigenvalue weighted by molar-refractivity contribution is -0.0723. The predicted octanol–water partition coefficient (Wildman–Crippen LogP) is 3.70. The molecule has 0 aliphatic rings. The monoisotopic (exact) mass is 248 g/mol. The van der Waals surface area contributed by atoms with Gasteiger partial charge in [-0.2, -0.15) is 12.6 Å². The van der Waals surface area contributed by atoms with E-state index in [4.69, 9.17) is 9.47 Å². The molecule has 0 unspecified atom stereocenters. The molecule has 0 aromatic heterocycles. The smallest absolute Gasteiger partial charge is 0.0648 e. The fourth-order valence-electron chi connectivity index (χ4n) is 1.37. The molecule has 0 bridgehead atoms. The molecule has 0 amide bonds. The minimum atomic E-state index is -0.0763. The second kappa shape index (κ2) is 7.57. The van der Waals surface area contributed by atoms with E-state index in [0.717, 1.165) is 38.2 Å². The third kappa shape index (κ3) is 8.43. The van der Waals surface area contributed by atoms with Gasteiger partial charge in [0.1, 0.15) is 0 Å². The molecule has 0 saturated carbocycles. The van der Waals surface area contributed by atoms with E-state index >= 15 is 0 Å². The van der Waals surface area contributed by atoms with Gasteiger partial charge in [-0.3, -0.25) is 0 Å². The molecule has 0 N–H and O–H groups in total. The Hall–Kier alpha value is 0.270. The molecule has 0 aromatic carbocycles. The summed E-state index contributed by atoms with van der Waals surface area (Å²) in [5.74, 6) is 0.864. The number of ether oxygens (including phenoxy) is 2. The quantitative estimate of drug-likeness (QED) is 0.627. The SMILES string of the molecule is CCCOC(C)(C)CCOC(C)(C)CCS. The number of hydrogen-bond acceptors (Lipinski definition) is 3. The van der Waals surface area contributed by atoms with Crippen LogP contribution >= 0.6 is 12.6 Å². The Labute approximate surface area is 107 Å². The fourth-order valence-corrected chi connectivity index (χ4v) is 1.90. The van der Waals surface area contributed by atoms with Crippen molar-refractivity contribution >= 4 is 12.6 Å². The molecule has 3 heteroatoms. The van der Waals surface area contributed by atoms with Crippen LogP contribution in [-0.4, -0.2) is 30.2 Å². The van der Waals surface area contributed by atoms with Crippen LogP contribution in [0, 0.1) is 0 Å². The van der Waals surface area contributed by atoms with Crippen molar-refractivity contribution in [2.24, 2.45) is 0 Å². The second-order valence-electron chi connectivity index (χ2n) is 5.44. The Morgan fingerprint density at radius 1 is 0.875 bits per heavy atom. The van der Waals surface area contributed by atoms with Crippen molar-refractivity contribution in [3.05, 3.63) is 0 Å². The second-order valence-corrected chi connectivity index (χ2v) is 5.89. The topological polar surface area (TPSA) is 18.5 Å². The molecule has 0 rings (SSSR count). The van der Waals surface area contributed by atoms with Crippen molar-refractivity contribution in [1.82, 2.24) is 0 Å². The molecular formula is C13H28O2S. The first-order chi connectivity index (χ1) is 7.33. The van der Waals surface area contributed by atoms with Crippen LogP contribution in [0.15, 0.2) is 0 Å². The molecule has 0 aliphatic carbocycles. The average molecular weight is 248 g/mol. The minimum Gasteiger partial charge on any atom is -0.375 e. The van der Waals surface area contributed by atoms with E-state index in [1.807, 2.05) is 0 Å². The average Bonchev–Trinajstić information content (AvgIpc) is 2.14. The first kappa shape index (κ1) is 16.3. The zero-order valence-corrected chi connectivity index (χ0v) is 12.4. The summed E-state index contributed by atoms with van der Waals surface area (Å²) in [7, 11) is 0. The van der Waals surface area contributed by atoms with Gasteiger partial charge in [0.2, 0.25) is 0 Å². The normalized spacial score (nSPS) is 13.1. The summed E-state index contributed by atoms with van der Waals surface area (Å²) in [5, 5.41) is 0. The molecule has 0 fully saturated rings. The van der Waals surface area contributed by atoms with Crippen molar-refractivity contribution in [3.8, 4) is 0 Å². The molecule has 0 atom stereocenters. The number of thiol groups is 1. The van der Waals surface area contributed by atoms with E-state index in [-0.39, 0.29) is 11.2 Å². The third-order valence-electron chi connectivity index (χ3n) is 2.61. The first-order valence-electron chi connectivity index (χ1n) is 6.22. The van der Waals surface area contributed by atoms with Crippen LogP contribution in [0.4, 0.5) is 0 Å². The van der Waals surface area contributed by atoms with Crippen LogP contribution in [0.25, 0.3) is 0 Å². The summed E-state index contributed by atoms with van der Waals surface area (Å²) < 4.78 is 11.6. The van der Waals surface area contributed by atoms with E-state index < -0.39 is 0 Å². The van der Waals surface area contributed by atoms with Crippen LogP contribution in [0.5, 0.6) is 0 Å². The molecule has 0 aliphatic heterocycles. The van der Waals surface area contributed by atoms with Gasteiger partial charge < -0.3 is 9.47 Å². The maximum absolute atomic E-state index is 5.86. The summed E-state index contributed by atoms with van der Waals surface area (Å²) in [6.45, 7) is 12.2. The maximum atomic E-state index is 5.86. The summed E-state index contributed by atoms with van der Waals surface area (Å²) >= 11 is 4.23. The van der Waals surface area contributed by atoms with Crippen LogP contribution < -0.4 is 0 Å². The number of rotatable bonds is 9. The van der Waals surface area contributed by atoms with Crippen molar-refractivity contribution in [1.29, 1.82) is 0 Å². The Morgan fingerprint density at radius 2 is 1.38 bits per heavy atom. The molecule has 0 radical (unpaired) electrons. The van der Waals surface area contributed by atoms with Gasteiger partial charge in [0.05, 0.1) is 17.8 Å². The van der Waals surface area contributed by atoms with Crippen molar-refractivity contribution in [2.45, 2.75) is 65.1 Å². The lowest BCUT2D eigenvalue weighted by atomic mass is 10.0. The molecule has 2 nitrogen and oxygen atoms in total. The van der Waals surface area contributed by atoms with Gasteiger partial charge in [-0.05, 0) is 52.7 Å². The zero-order valence-electron chi connectivity index (χ0n) is 11.5. The number of hydrogen-bond donors (Lipinski definition) is 1. The van der Waals surface area contributed by atoms with Gasteiger partial charge in [0, 0.05) is 6.61 Å². The van der Waals surface area contributed by atoms with Gasteiger partial charge in [-0.25, -0.2) is 0 Å². The van der Waals surface area contributed by atoms with Crippen molar-refractivity contribution in [2.75, 3.05) is 19.0 Å². The van der Waals surface area contributed by atoms with Crippen LogP contribution in [0.2, 0.25) is 0 Å². The van der Waals surface area contributed by atoms with Crippen LogP contribution in [-0.2, 0) is 9.47 Å². The van der Waals surface area contributed by atoms with E-state index in [2.05, 4.69) is 47.2 Å². The Bertz CT molecular complexity index is 179. The van der Waals surface area contributed by atoms with E-state index in [0.29, 0.717) is 0 Å². The summed E-state index contributed by atoms with van der Waals surface area (Å²) in [6.07, 6.45) is 2.98. The van der Waals surface area contributed by atoms with Gasteiger partial charge in [-0.15, -0.1) is 0 Å². The molecule has 98 valence electrons. The molecule has 0 aromatic rings. The van der Waals surface area contributed by atoms with E-state index in [1.54, 1.807) is 0 Å². The Balaban J connectivity index is 3.78. The predicted molar refractivity (Wildman–Crippen MR) is 73.4 cm³/mol. The first-order valence-corrected chi connectivity index (χ1v) is 6.85.